The van der Waals surface area contributed by atoms with Crippen molar-refractivity contribution in [2.75, 3.05) is 0 Å². The number of fused-ring (bicyclic) bond motifs is 2. The van der Waals surface area contributed by atoms with Gasteiger partial charge in [0.15, 0.2) is 6.10 Å². The molecule has 24 heavy (non-hydrogen) atoms. The third-order valence-corrected chi connectivity index (χ3v) is 4.95. The van der Waals surface area contributed by atoms with Crippen molar-refractivity contribution < 1.29 is 9.53 Å². The number of nitriles is 1. The fourth-order valence-corrected chi connectivity index (χ4v) is 3.61. The molecule has 2 atom stereocenters. The predicted molar refractivity (Wildman–Crippen MR) is 89.5 cm³/mol. The highest BCUT2D eigenvalue weighted by molar-refractivity contribution is 5.83. The summed E-state index contributed by atoms with van der Waals surface area (Å²) < 4.78 is 5.75. The molecule has 1 amide bonds. The molecule has 2 aliphatic rings. The van der Waals surface area contributed by atoms with E-state index < -0.39 is 11.6 Å². The van der Waals surface area contributed by atoms with Gasteiger partial charge in [-0.25, -0.2) is 0 Å². The highest BCUT2D eigenvalue weighted by Crippen LogP contribution is 2.31. The third kappa shape index (κ3) is 2.52. The van der Waals surface area contributed by atoms with E-state index in [-0.39, 0.29) is 5.91 Å². The molecule has 1 aliphatic carbocycles. The monoisotopic (exact) mass is 318 g/mol. The molecule has 0 radical (unpaired) electrons. The summed E-state index contributed by atoms with van der Waals surface area (Å²) in [4.78, 5) is 12.7. The molecule has 4 heteroatoms. The summed E-state index contributed by atoms with van der Waals surface area (Å²) >= 11 is 0. The fraction of sp³-hybridized carbons (Fsp3) is 0.300. The second kappa shape index (κ2) is 5.68. The lowest BCUT2D eigenvalue weighted by atomic mass is 9.78. The van der Waals surface area contributed by atoms with E-state index in [0.717, 1.165) is 23.3 Å². The van der Waals surface area contributed by atoms with Crippen LogP contribution < -0.4 is 10.1 Å². The fourth-order valence-electron chi connectivity index (χ4n) is 3.61. The minimum atomic E-state index is -0.844. The van der Waals surface area contributed by atoms with Gasteiger partial charge in [-0.2, -0.15) is 5.26 Å². The number of rotatable bonds is 2. The van der Waals surface area contributed by atoms with Crippen LogP contribution in [0.3, 0.4) is 0 Å². The van der Waals surface area contributed by atoms with E-state index in [9.17, 15) is 10.1 Å². The molecule has 0 saturated carbocycles. The largest absolute Gasteiger partial charge is 0.480 e. The molecule has 120 valence electrons. The molecule has 1 N–H and O–H groups in total. The van der Waals surface area contributed by atoms with Gasteiger partial charge in [0.25, 0.3) is 5.91 Å². The average Bonchev–Trinajstić information content (AvgIpc) is 3.06. The molecule has 4 rings (SSSR count). The van der Waals surface area contributed by atoms with Crippen LogP contribution in [0.2, 0.25) is 0 Å². The Morgan fingerprint density at radius 3 is 2.58 bits per heavy atom. The Kier molecular flexibility index (Phi) is 3.50. The highest BCUT2D eigenvalue weighted by atomic mass is 16.5. The maximum Gasteiger partial charge on any atom is 0.262 e. The molecule has 2 aromatic rings. The number of hydrogen-bond donors (Lipinski definition) is 1. The third-order valence-electron chi connectivity index (χ3n) is 4.95. The molecular weight excluding hydrogens is 300 g/mol. The predicted octanol–water partition coefficient (Wildman–Crippen LogP) is 2.56. The zero-order valence-corrected chi connectivity index (χ0v) is 13.3. The van der Waals surface area contributed by atoms with Crippen LogP contribution in [0.1, 0.15) is 23.1 Å². The van der Waals surface area contributed by atoms with Crippen molar-refractivity contribution in [1.82, 2.24) is 5.32 Å². The number of ether oxygens (including phenoxy) is 1. The zero-order chi connectivity index (χ0) is 16.6. The molecule has 0 aromatic heterocycles. The minimum absolute atomic E-state index is 0.202. The van der Waals surface area contributed by atoms with E-state index in [1.807, 2.05) is 42.5 Å². The van der Waals surface area contributed by atoms with Gasteiger partial charge < -0.3 is 10.1 Å². The van der Waals surface area contributed by atoms with Crippen LogP contribution in [0.4, 0.5) is 0 Å². The molecule has 4 nitrogen and oxygen atoms in total. The molecular formula is C20H18N2O2. The first-order valence-corrected chi connectivity index (χ1v) is 8.24. The van der Waals surface area contributed by atoms with Crippen LogP contribution in [0.15, 0.2) is 48.5 Å². The van der Waals surface area contributed by atoms with Crippen molar-refractivity contribution in [2.24, 2.45) is 0 Å². The molecule has 0 saturated heterocycles. The Morgan fingerprint density at radius 1 is 1.12 bits per heavy atom. The second-order valence-electron chi connectivity index (χ2n) is 6.55. The van der Waals surface area contributed by atoms with Gasteiger partial charge in [-0.3, -0.25) is 4.79 Å². The Balaban J connectivity index is 1.50. The lowest BCUT2D eigenvalue weighted by molar-refractivity contribution is -0.128. The standard InChI is InChI=1S/C20H18N2O2/c21-13-20(10-9-14-5-1-2-7-16(14)12-20)22-19(23)18-11-15-6-3-4-8-17(15)24-18/h1-8,18H,9-12H2,(H,22,23)/t18-,20-/m0/s1. The van der Waals surface area contributed by atoms with Crippen LogP contribution in [0.5, 0.6) is 5.75 Å². The van der Waals surface area contributed by atoms with Crippen molar-refractivity contribution in [3.8, 4) is 11.8 Å². The number of carbonyl (C=O) groups excluding carboxylic acids is 1. The average molecular weight is 318 g/mol. The molecule has 1 heterocycles. The first-order valence-electron chi connectivity index (χ1n) is 8.24. The van der Waals surface area contributed by atoms with E-state index >= 15 is 0 Å². The number of nitrogens with one attached hydrogen (secondary N) is 1. The molecule has 0 fully saturated rings. The topological polar surface area (TPSA) is 62.1 Å². The van der Waals surface area contributed by atoms with Crippen LogP contribution in [-0.4, -0.2) is 17.6 Å². The SMILES string of the molecule is N#C[C@]1(NC(=O)[C@@H]2Cc3ccccc3O2)CCc2ccccc2C1. The van der Waals surface area contributed by atoms with Crippen LogP contribution in [0.25, 0.3) is 0 Å². The zero-order valence-electron chi connectivity index (χ0n) is 13.3. The normalized spacial score (nSPS) is 24.2. The van der Waals surface area contributed by atoms with Gasteiger partial charge in [-0.05, 0) is 35.6 Å². The van der Waals surface area contributed by atoms with Gasteiger partial charge in [-0.1, -0.05) is 42.5 Å². The summed E-state index contributed by atoms with van der Waals surface area (Å²) in [6.45, 7) is 0. The number of nitrogens with zero attached hydrogens (tertiary/aromatic N) is 1. The van der Waals surface area contributed by atoms with Crippen molar-refractivity contribution in [3.05, 3.63) is 65.2 Å². The summed E-state index contributed by atoms with van der Waals surface area (Å²) in [5.74, 6) is 0.560. The number of para-hydroxylation sites is 1. The number of benzene rings is 2. The number of amides is 1. The minimum Gasteiger partial charge on any atom is -0.480 e. The van der Waals surface area contributed by atoms with Gasteiger partial charge in [0.2, 0.25) is 0 Å². The van der Waals surface area contributed by atoms with Crippen LogP contribution in [-0.2, 0) is 24.1 Å². The van der Waals surface area contributed by atoms with E-state index in [1.54, 1.807) is 0 Å². The van der Waals surface area contributed by atoms with Gasteiger partial charge in [0.1, 0.15) is 11.3 Å². The Hall–Kier alpha value is -2.80. The second-order valence-corrected chi connectivity index (χ2v) is 6.55. The van der Waals surface area contributed by atoms with Gasteiger partial charge in [0, 0.05) is 12.8 Å². The maximum atomic E-state index is 12.7. The van der Waals surface area contributed by atoms with E-state index in [1.165, 1.54) is 5.56 Å². The van der Waals surface area contributed by atoms with E-state index in [0.29, 0.717) is 19.3 Å². The Morgan fingerprint density at radius 2 is 1.83 bits per heavy atom. The smallest absolute Gasteiger partial charge is 0.262 e. The molecule has 1 aliphatic heterocycles. The summed E-state index contributed by atoms with van der Waals surface area (Å²) in [5.41, 5.74) is 2.60. The Bertz CT molecular complexity index is 815. The Labute approximate surface area is 141 Å². The molecule has 0 bridgehead atoms. The number of aryl methyl sites for hydroxylation is 1. The molecule has 2 aromatic carbocycles. The molecule has 0 spiro atoms. The lowest BCUT2D eigenvalue weighted by Crippen LogP contribution is -2.54. The quantitative estimate of drug-likeness (QED) is 0.925. The van der Waals surface area contributed by atoms with Gasteiger partial charge >= 0.3 is 0 Å². The van der Waals surface area contributed by atoms with E-state index in [2.05, 4.69) is 17.5 Å². The summed E-state index contributed by atoms with van der Waals surface area (Å²) in [6, 6.07) is 18.2. The number of carbonyl (C=O) groups is 1. The highest BCUT2D eigenvalue weighted by Gasteiger charge is 2.39. The van der Waals surface area contributed by atoms with Gasteiger partial charge in [0.05, 0.1) is 6.07 Å². The first kappa shape index (κ1) is 14.8. The van der Waals surface area contributed by atoms with Crippen molar-refractivity contribution in [2.45, 2.75) is 37.3 Å². The van der Waals surface area contributed by atoms with E-state index in [4.69, 9.17) is 4.74 Å². The number of hydrogen-bond acceptors (Lipinski definition) is 3. The summed E-state index contributed by atoms with van der Waals surface area (Å²) in [7, 11) is 0. The van der Waals surface area contributed by atoms with Crippen molar-refractivity contribution in [1.29, 1.82) is 5.26 Å². The van der Waals surface area contributed by atoms with Gasteiger partial charge in [-0.15, -0.1) is 0 Å². The summed E-state index contributed by atoms with van der Waals surface area (Å²) in [6.07, 6.45) is 1.98. The van der Waals surface area contributed by atoms with Crippen molar-refractivity contribution >= 4 is 5.91 Å². The first-order chi connectivity index (χ1) is 11.7. The van der Waals surface area contributed by atoms with Crippen LogP contribution in [0, 0.1) is 11.3 Å². The molecule has 0 unspecified atom stereocenters. The lowest BCUT2D eigenvalue weighted by Gasteiger charge is -2.33. The van der Waals surface area contributed by atoms with Crippen molar-refractivity contribution in [3.63, 3.8) is 0 Å². The summed E-state index contributed by atoms with van der Waals surface area (Å²) in [5, 5.41) is 12.7. The maximum absolute atomic E-state index is 12.7. The van der Waals surface area contributed by atoms with Crippen LogP contribution >= 0.6 is 0 Å².